The van der Waals surface area contributed by atoms with Crippen LogP contribution in [0.2, 0.25) is 0 Å². The van der Waals surface area contributed by atoms with Gasteiger partial charge in [0.05, 0.1) is 19.4 Å². The molecule has 6 heteroatoms. The van der Waals surface area contributed by atoms with Crippen molar-refractivity contribution in [2.24, 2.45) is 10.8 Å². The van der Waals surface area contributed by atoms with Crippen molar-refractivity contribution in [1.82, 2.24) is 5.43 Å². The van der Waals surface area contributed by atoms with Crippen LogP contribution in [-0.2, 0) is 0 Å². The third kappa shape index (κ3) is 4.32. The summed E-state index contributed by atoms with van der Waals surface area (Å²) >= 11 is 0. The van der Waals surface area contributed by atoms with E-state index >= 15 is 0 Å². The number of nitrogens with one attached hydrogen (secondary N) is 1. The molecule has 0 spiro atoms. The fraction of sp³-hybridized carbons (Fsp3) is 0.333. The molecular weight excluding hydrogens is 234 g/mol. The first-order valence-corrected chi connectivity index (χ1v) is 5.65. The van der Waals surface area contributed by atoms with Gasteiger partial charge in [0, 0.05) is 0 Å². The van der Waals surface area contributed by atoms with Crippen LogP contribution < -0.4 is 20.6 Å². The average molecular weight is 251 g/mol. The molecule has 0 radical (unpaired) electrons. The van der Waals surface area contributed by atoms with Crippen LogP contribution in [0.4, 0.5) is 4.79 Å². The molecule has 98 valence electrons. The number of nitrogens with two attached hydrogens (primary N) is 1. The number of carbonyl (C=O) groups is 1. The average Bonchev–Trinajstić information content (AvgIpc) is 2.32. The van der Waals surface area contributed by atoms with Crippen molar-refractivity contribution in [2.75, 3.05) is 13.2 Å². The standard InChI is InChI=1S/C12H17N3O3/c1-3-17-10-6-5-9(7-11(10)18-4-2)8-14-15-12(13)16/h5-8H,3-4H2,1-2H3,(H3,13,15,16)/b14-8-. The molecule has 0 aromatic heterocycles. The zero-order chi connectivity index (χ0) is 13.4. The molecular formula is C12H17N3O3. The molecule has 6 nitrogen and oxygen atoms in total. The quantitative estimate of drug-likeness (QED) is 0.593. The summed E-state index contributed by atoms with van der Waals surface area (Å²) in [7, 11) is 0. The largest absolute Gasteiger partial charge is 0.490 e. The highest BCUT2D eigenvalue weighted by atomic mass is 16.5. The van der Waals surface area contributed by atoms with Crippen LogP contribution in [0.5, 0.6) is 11.5 Å². The molecule has 0 bridgehead atoms. The highest BCUT2D eigenvalue weighted by Crippen LogP contribution is 2.27. The second kappa shape index (κ2) is 7.16. The summed E-state index contributed by atoms with van der Waals surface area (Å²) in [5, 5.41) is 3.67. The van der Waals surface area contributed by atoms with Gasteiger partial charge in [-0.3, -0.25) is 0 Å². The first kappa shape index (κ1) is 13.8. The van der Waals surface area contributed by atoms with Crippen molar-refractivity contribution >= 4 is 12.2 Å². The van der Waals surface area contributed by atoms with Gasteiger partial charge in [-0.1, -0.05) is 0 Å². The Balaban J connectivity index is 2.84. The number of hydrogen-bond acceptors (Lipinski definition) is 4. The van der Waals surface area contributed by atoms with Gasteiger partial charge in [0.1, 0.15) is 0 Å². The lowest BCUT2D eigenvalue weighted by Crippen LogP contribution is -2.24. The molecule has 1 rings (SSSR count). The van der Waals surface area contributed by atoms with Crippen LogP contribution in [0.3, 0.4) is 0 Å². The number of urea groups is 1. The van der Waals surface area contributed by atoms with Gasteiger partial charge in [0.2, 0.25) is 0 Å². The summed E-state index contributed by atoms with van der Waals surface area (Å²) < 4.78 is 10.9. The van der Waals surface area contributed by atoms with Crippen LogP contribution in [0, 0.1) is 0 Å². The van der Waals surface area contributed by atoms with Gasteiger partial charge in [-0.25, -0.2) is 10.2 Å². The smallest absolute Gasteiger partial charge is 0.332 e. The number of ether oxygens (including phenoxy) is 2. The van der Waals surface area contributed by atoms with Gasteiger partial charge in [0.15, 0.2) is 11.5 Å². The van der Waals surface area contributed by atoms with Crippen LogP contribution in [0.1, 0.15) is 19.4 Å². The third-order valence-corrected chi connectivity index (χ3v) is 1.96. The highest BCUT2D eigenvalue weighted by molar-refractivity contribution is 5.82. The molecule has 18 heavy (non-hydrogen) atoms. The molecule has 2 amide bonds. The second-order valence-electron chi connectivity index (χ2n) is 3.31. The minimum atomic E-state index is -0.706. The fourth-order valence-corrected chi connectivity index (χ4v) is 1.32. The van der Waals surface area contributed by atoms with Gasteiger partial charge < -0.3 is 15.2 Å². The molecule has 0 aliphatic rings. The zero-order valence-corrected chi connectivity index (χ0v) is 10.5. The summed E-state index contributed by atoms with van der Waals surface area (Å²) in [6, 6.07) is 4.67. The predicted molar refractivity (Wildman–Crippen MR) is 69.1 cm³/mol. The van der Waals surface area contributed by atoms with E-state index in [0.717, 1.165) is 5.56 Å². The minimum absolute atomic E-state index is 0.542. The van der Waals surface area contributed by atoms with Crippen molar-refractivity contribution < 1.29 is 14.3 Å². The van der Waals surface area contributed by atoms with Gasteiger partial charge in [-0.2, -0.15) is 5.10 Å². The highest BCUT2D eigenvalue weighted by Gasteiger charge is 2.04. The van der Waals surface area contributed by atoms with Crippen molar-refractivity contribution in [3.05, 3.63) is 23.8 Å². The molecule has 0 unspecified atom stereocenters. The zero-order valence-electron chi connectivity index (χ0n) is 10.5. The Morgan fingerprint density at radius 1 is 1.33 bits per heavy atom. The lowest BCUT2D eigenvalue weighted by molar-refractivity contribution is 0.249. The van der Waals surface area contributed by atoms with Crippen LogP contribution in [-0.4, -0.2) is 25.5 Å². The molecule has 0 saturated carbocycles. The van der Waals surface area contributed by atoms with E-state index in [1.165, 1.54) is 6.21 Å². The Hall–Kier alpha value is -2.24. The van der Waals surface area contributed by atoms with E-state index in [1.54, 1.807) is 18.2 Å². The fourth-order valence-electron chi connectivity index (χ4n) is 1.32. The normalized spacial score (nSPS) is 10.3. The molecule has 3 N–H and O–H groups in total. The maximum atomic E-state index is 10.5. The Labute approximate surface area is 106 Å². The molecule has 0 aliphatic carbocycles. The first-order valence-electron chi connectivity index (χ1n) is 5.65. The van der Waals surface area contributed by atoms with Gasteiger partial charge >= 0.3 is 6.03 Å². The molecule has 0 aliphatic heterocycles. The van der Waals surface area contributed by atoms with Crippen molar-refractivity contribution in [3.63, 3.8) is 0 Å². The summed E-state index contributed by atoms with van der Waals surface area (Å²) in [6.45, 7) is 4.91. The Bertz CT molecular complexity index is 433. The first-order chi connectivity index (χ1) is 8.67. The second-order valence-corrected chi connectivity index (χ2v) is 3.31. The Morgan fingerprint density at radius 2 is 2.00 bits per heavy atom. The molecule has 0 fully saturated rings. The van der Waals surface area contributed by atoms with Crippen LogP contribution in [0.25, 0.3) is 0 Å². The van der Waals surface area contributed by atoms with Gasteiger partial charge in [0.25, 0.3) is 0 Å². The van der Waals surface area contributed by atoms with E-state index in [1.807, 2.05) is 13.8 Å². The van der Waals surface area contributed by atoms with Crippen molar-refractivity contribution in [3.8, 4) is 11.5 Å². The van der Waals surface area contributed by atoms with Crippen LogP contribution >= 0.6 is 0 Å². The predicted octanol–water partition coefficient (Wildman–Crippen LogP) is 1.49. The van der Waals surface area contributed by atoms with E-state index in [0.29, 0.717) is 24.7 Å². The van der Waals surface area contributed by atoms with Crippen LogP contribution in [0.15, 0.2) is 23.3 Å². The summed E-state index contributed by atoms with van der Waals surface area (Å²) in [5.74, 6) is 1.32. The number of amides is 2. The molecule has 1 aromatic rings. The lowest BCUT2D eigenvalue weighted by Gasteiger charge is -2.10. The van der Waals surface area contributed by atoms with Crippen molar-refractivity contribution in [2.45, 2.75) is 13.8 Å². The number of nitrogens with zero attached hydrogens (tertiary/aromatic N) is 1. The van der Waals surface area contributed by atoms with E-state index < -0.39 is 6.03 Å². The van der Waals surface area contributed by atoms with Gasteiger partial charge in [-0.05, 0) is 37.6 Å². The number of hydrogen-bond donors (Lipinski definition) is 2. The van der Waals surface area contributed by atoms with E-state index in [-0.39, 0.29) is 0 Å². The topological polar surface area (TPSA) is 85.9 Å². The summed E-state index contributed by atoms with van der Waals surface area (Å²) in [6.07, 6.45) is 1.48. The van der Waals surface area contributed by atoms with Crippen molar-refractivity contribution in [1.29, 1.82) is 0 Å². The minimum Gasteiger partial charge on any atom is -0.490 e. The van der Waals surface area contributed by atoms with E-state index in [9.17, 15) is 4.79 Å². The SMILES string of the molecule is CCOc1ccc(/C=N\NC(N)=O)cc1OCC. The number of rotatable bonds is 6. The summed E-state index contributed by atoms with van der Waals surface area (Å²) in [5.41, 5.74) is 7.78. The summed E-state index contributed by atoms with van der Waals surface area (Å²) in [4.78, 5) is 10.5. The van der Waals surface area contributed by atoms with E-state index in [2.05, 4.69) is 10.5 Å². The lowest BCUT2D eigenvalue weighted by atomic mass is 10.2. The third-order valence-electron chi connectivity index (χ3n) is 1.96. The maximum absolute atomic E-state index is 10.5. The maximum Gasteiger partial charge on any atom is 0.332 e. The Kier molecular flexibility index (Phi) is 5.50. The molecule has 1 aromatic carbocycles. The monoisotopic (exact) mass is 251 g/mol. The number of hydrazone groups is 1. The number of primary amides is 1. The molecule has 0 saturated heterocycles. The van der Waals surface area contributed by atoms with Gasteiger partial charge in [-0.15, -0.1) is 0 Å². The molecule has 0 heterocycles. The van der Waals surface area contributed by atoms with E-state index in [4.69, 9.17) is 15.2 Å². The molecule has 0 atom stereocenters. The number of benzene rings is 1. The number of carbonyl (C=O) groups excluding carboxylic acids is 1. The Morgan fingerprint density at radius 3 is 2.61 bits per heavy atom.